The topological polar surface area (TPSA) is 45.6 Å². The van der Waals surface area contributed by atoms with Crippen LogP contribution >= 0.6 is 0 Å². The minimum absolute atomic E-state index is 0.450. The molecular weight excluding hydrogens is 248 g/mol. The van der Waals surface area contributed by atoms with Gasteiger partial charge in [0.25, 0.3) is 0 Å². The van der Waals surface area contributed by atoms with Crippen molar-refractivity contribution in [2.45, 2.75) is 18.9 Å². The number of benzene rings is 1. The number of fused-ring (bicyclic) bond motifs is 1. The van der Waals surface area contributed by atoms with E-state index >= 15 is 0 Å². The minimum Gasteiger partial charge on any atom is -0.360 e. The molecule has 0 bridgehead atoms. The van der Waals surface area contributed by atoms with E-state index in [9.17, 15) is 0 Å². The van der Waals surface area contributed by atoms with Crippen LogP contribution in [0.1, 0.15) is 24.6 Å². The second kappa shape index (κ2) is 4.49. The van der Waals surface area contributed by atoms with Crippen LogP contribution < -0.4 is 5.32 Å². The second-order valence-corrected chi connectivity index (χ2v) is 5.47. The van der Waals surface area contributed by atoms with Gasteiger partial charge in [-0.2, -0.15) is 5.10 Å². The molecule has 1 fully saturated rings. The number of hydrogen-bond acceptors (Lipinski definition) is 2. The molecule has 3 aromatic rings. The summed E-state index contributed by atoms with van der Waals surface area (Å²) in [5.41, 5.74) is 4.67. The van der Waals surface area contributed by atoms with Crippen LogP contribution in [0.2, 0.25) is 0 Å². The van der Waals surface area contributed by atoms with Crippen LogP contribution in [-0.4, -0.2) is 21.3 Å². The zero-order chi connectivity index (χ0) is 13.5. The largest absolute Gasteiger partial charge is 0.360 e. The van der Waals surface area contributed by atoms with Crippen molar-refractivity contribution in [3.05, 3.63) is 42.2 Å². The summed E-state index contributed by atoms with van der Waals surface area (Å²) in [4.78, 5) is 3.32. The Bertz CT molecular complexity index is 747. The smallest absolute Gasteiger partial charge is 0.0948 e. The van der Waals surface area contributed by atoms with E-state index in [1.54, 1.807) is 0 Å². The quantitative estimate of drug-likeness (QED) is 0.749. The number of H-pyrrole nitrogens is 1. The number of para-hydroxylation sites is 1. The van der Waals surface area contributed by atoms with E-state index in [1.807, 2.05) is 11.7 Å². The van der Waals surface area contributed by atoms with Crippen molar-refractivity contribution < 1.29 is 0 Å². The number of nitrogens with one attached hydrogen (secondary N) is 2. The molecule has 1 aromatic carbocycles. The number of rotatable bonds is 2. The minimum atomic E-state index is 0.450. The van der Waals surface area contributed by atoms with Gasteiger partial charge in [0.15, 0.2) is 0 Å². The third kappa shape index (κ3) is 1.76. The van der Waals surface area contributed by atoms with E-state index in [0.29, 0.717) is 6.04 Å². The highest BCUT2D eigenvalue weighted by Crippen LogP contribution is 2.31. The molecule has 1 aliphatic heterocycles. The Morgan fingerprint density at radius 1 is 1.30 bits per heavy atom. The zero-order valence-electron chi connectivity index (χ0n) is 11.6. The fraction of sp³-hybridized carbons (Fsp3) is 0.312. The van der Waals surface area contributed by atoms with Gasteiger partial charge < -0.3 is 10.3 Å². The summed E-state index contributed by atoms with van der Waals surface area (Å²) in [6.07, 6.45) is 4.50. The van der Waals surface area contributed by atoms with Crippen molar-refractivity contribution in [2.24, 2.45) is 7.05 Å². The summed E-state index contributed by atoms with van der Waals surface area (Å²) < 4.78 is 2.01. The summed E-state index contributed by atoms with van der Waals surface area (Å²) in [5.74, 6) is 0. The highest BCUT2D eigenvalue weighted by molar-refractivity contribution is 5.94. The van der Waals surface area contributed by atoms with E-state index in [-0.39, 0.29) is 0 Å². The molecule has 0 amide bonds. The maximum atomic E-state index is 4.70. The van der Waals surface area contributed by atoms with Gasteiger partial charge in [-0.05, 0) is 31.5 Å². The molecule has 0 radical (unpaired) electrons. The van der Waals surface area contributed by atoms with Crippen molar-refractivity contribution in [3.8, 4) is 11.3 Å². The maximum Gasteiger partial charge on any atom is 0.0948 e. The number of aryl methyl sites for hydroxylation is 1. The molecule has 1 atom stereocenters. The van der Waals surface area contributed by atoms with Gasteiger partial charge in [0.05, 0.1) is 11.4 Å². The van der Waals surface area contributed by atoms with E-state index in [4.69, 9.17) is 5.10 Å². The van der Waals surface area contributed by atoms with Gasteiger partial charge in [0.1, 0.15) is 0 Å². The van der Waals surface area contributed by atoms with Gasteiger partial charge in [-0.1, -0.05) is 18.2 Å². The van der Waals surface area contributed by atoms with Crippen LogP contribution in [0.25, 0.3) is 22.2 Å². The molecule has 1 unspecified atom stereocenters. The van der Waals surface area contributed by atoms with E-state index in [1.165, 1.54) is 29.5 Å². The molecule has 1 saturated heterocycles. The molecule has 2 N–H and O–H groups in total. The molecule has 4 heteroatoms. The predicted octanol–water partition coefficient (Wildman–Crippen LogP) is 2.99. The van der Waals surface area contributed by atoms with Gasteiger partial charge in [0.2, 0.25) is 0 Å². The van der Waals surface area contributed by atoms with Gasteiger partial charge >= 0.3 is 0 Å². The van der Waals surface area contributed by atoms with E-state index in [0.717, 1.165) is 17.8 Å². The zero-order valence-corrected chi connectivity index (χ0v) is 11.6. The van der Waals surface area contributed by atoms with Crippen LogP contribution in [0, 0.1) is 0 Å². The Kier molecular flexibility index (Phi) is 2.63. The summed E-state index contributed by atoms with van der Waals surface area (Å²) in [7, 11) is 2.04. The lowest BCUT2D eigenvalue weighted by atomic mass is 10.1. The summed E-state index contributed by atoms with van der Waals surface area (Å²) in [6, 6.07) is 11.0. The predicted molar refractivity (Wildman–Crippen MR) is 80.5 cm³/mol. The Labute approximate surface area is 117 Å². The van der Waals surface area contributed by atoms with E-state index in [2.05, 4.69) is 46.8 Å². The molecule has 0 aliphatic carbocycles. The maximum absolute atomic E-state index is 4.70. The Balaban J connectivity index is 1.80. The number of nitrogens with zero attached hydrogens (tertiary/aromatic N) is 2. The first-order chi connectivity index (χ1) is 9.83. The molecule has 4 nitrogen and oxygen atoms in total. The van der Waals surface area contributed by atoms with Crippen LogP contribution in [0.3, 0.4) is 0 Å². The van der Waals surface area contributed by atoms with E-state index < -0.39 is 0 Å². The van der Waals surface area contributed by atoms with Crippen molar-refractivity contribution in [2.75, 3.05) is 6.54 Å². The summed E-state index contributed by atoms with van der Waals surface area (Å²) in [6.45, 7) is 1.11. The average Bonchev–Trinajstić information content (AvgIpc) is 3.16. The Hall–Kier alpha value is -2.07. The highest BCUT2D eigenvalue weighted by Gasteiger charge is 2.21. The lowest BCUT2D eigenvalue weighted by molar-refractivity contribution is 0.574. The lowest BCUT2D eigenvalue weighted by Crippen LogP contribution is -2.16. The third-order valence-electron chi connectivity index (χ3n) is 4.20. The fourth-order valence-electron chi connectivity index (χ4n) is 3.16. The lowest BCUT2D eigenvalue weighted by Gasteiger charge is -2.09. The van der Waals surface area contributed by atoms with Crippen molar-refractivity contribution in [3.63, 3.8) is 0 Å². The van der Waals surface area contributed by atoms with Crippen molar-refractivity contribution in [1.82, 2.24) is 20.1 Å². The molecular formula is C16H18N4. The first kappa shape index (κ1) is 11.7. The van der Waals surface area contributed by atoms with Crippen LogP contribution in [-0.2, 0) is 7.05 Å². The molecule has 0 saturated carbocycles. The number of hydrogen-bond donors (Lipinski definition) is 2. The standard InChI is InChI=1S/C16H18N4/c1-20-16(14-7-4-8-17-14)9-15(19-20)12-10-18-13-6-3-2-5-11(12)13/h2-3,5-6,9-10,14,17-18H,4,7-8H2,1H3. The van der Waals surface area contributed by atoms with Gasteiger partial charge in [-0.3, -0.25) is 4.68 Å². The normalized spacial score (nSPS) is 18.9. The molecule has 4 rings (SSSR count). The SMILES string of the molecule is Cn1nc(-c2c[nH]c3ccccc23)cc1C1CCCN1. The first-order valence-electron chi connectivity index (χ1n) is 7.17. The second-order valence-electron chi connectivity index (χ2n) is 5.47. The molecule has 3 heterocycles. The molecule has 20 heavy (non-hydrogen) atoms. The first-order valence-corrected chi connectivity index (χ1v) is 7.17. The summed E-state index contributed by atoms with van der Waals surface area (Å²) in [5, 5.41) is 9.48. The van der Waals surface area contributed by atoms with Gasteiger partial charge in [-0.25, -0.2) is 0 Å². The fourth-order valence-corrected chi connectivity index (χ4v) is 3.16. The summed E-state index contributed by atoms with van der Waals surface area (Å²) >= 11 is 0. The highest BCUT2D eigenvalue weighted by atomic mass is 15.3. The molecule has 0 spiro atoms. The molecule has 2 aromatic heterocycles. The van der Waals surface area contributed by atoms with Gasteiger partial charge in [0, 0.05) is 35.8 Å². The Morgan fingerprint density at radius 3 is 3.05 bits per heavy atom. The monoisotopic (exact) mass is 266 g/mol. The van der Waals surface area contributed by atoms with Gasteiger partial charge in [-0.15, -0.1) is 0 Å². The average molecular weight is 266 g/mol. The van der Waals surface area contributed by atoms with Crippen LogP contribution in [0.15, 0.2) is 36.5 Å². The number of aromatic nitrogens is 3. The van der Waals surface area contributed by atoms with Crippen LogP contribution in [0.5, 0.6) is 0 Å². The van der Waals surface area contributed by atoms with Crippen molar-refractivity contribution >= 4 is 10.9 Å². The van der Waals surface area contributed by atoms with Crippen LogP contribution in [0.4, 0.5) is 0 Å². The molecule has 1 aliphatic rings. The molecule has 102 valence electrons. The number of aromatic amines is 1. The third-order valence-corrected chi connectivity index (χ3v) is 4.20. The Morgan fingerprint density at radius 2 is 2.20 bits per heavy atom. The van der Waals surface area contributed by atoms with Crippen molar-refractivity contribution in [1.29, 1.82) is 0 Å².